The first kappa shape index (κ1) is 23.2. The first-order valence-corrected chi connectivity index (χ1v) is 10.8. The Bertz CT molecular complexity index is 639. The Kier molecular flexibility index (Phi) is 7.66. The Labute approximate surface area is 173 Å². The summed E-state index contributed by atoms with van der Waals surface area (Å²) in [6.45, 7) is 9.12. The topological polar surface area (TPSA) is 108 Å². The molecule has 2 aliphatic rings. The Hall–Kier alpha value is -2.12. The van der Waals surface area contributed by atoms with Crippen molar-refractivity contribution in [3.63, 3.8) is 0 Å². The van der Waals surface area contributed by atoms with E-state index in [0.717, 1.165) is 30.6 Å². The number of carbonyl (C=O) groups excluding carboxylic acids is 4. The number of nitrogens with zero attached hydrogens (tertiary/aromatic N) is 1. The Balaban J connectivity index is 1.85. The lowest BCUT2D eigenvalue weighted by Gasteiger charge is -2.42. The van der Waals surface area contributed by atoms with E-state index in [0.29, 0.717) is 25.3 Å². The zero-order valence-electron chi connectivity index (χ0n) is 18.2. The molecule has 1 saturated carbocycles. The minimum absolute atomic E-state index is 0.132. The number of rotatable bonds is 9. The van der Waals surface area contributed by atoms with Crippen LogP contribution >= 0.6 is 0 Å². The van der Waals surface area contributed by atoms with Gasteiger partial charge in [-0.3, -0.25) is 19.3 Å². The molecule has 1 spiro atoms. The van der Waals surface area contributed by atoms with E-state index < -0.39 is 17.5 Å². The summed E-state index contributed by atoms with van der Waals surface area (Å²) in [6, 6.07) is -0.501. The molecular weight excluding hydrogens is 372 g/mol. The maximum atomic E-state index is 13.0. The van der Waals surface area contributed by atoms with Crippen molar-refractivity contribution >= 4 is 23.8 Å². The molecule has 0 unspecified atom stereocenters. The first-order chi connectivity index (χ1) is 13.6. The molecule has 2 fully saturated rings. The van der Waals surface area contributed by atoms with E-state index in [1.54, 1.807) is 0 Å². The van der Waals surface area contributed by atoms with Gasteiger partial charge in [-0.25, -0.2) is 4.79 Å². The largest absolute Gasteiger partial charge is 0.356 e. The number of amides is 5. The van der Waals surface area contributed by atoms with Gasteiger partial charge in [0.25, 0.3) is 5.91 Å². The second kappa shape index (κ2) is 9.59. The highest BCUT2D eigenvalue weighted by Crippen LogP contribution is 2.45. The van der Waals surface area contributed by atoms with E-state index in [1.165, 1.54) is 0 Å². The van der Waals surface area contributed by atoms with E-state index in [1.807, 2.05) is 6.92 Å². The Morgan fingerprint density at radius 1 is 1.10 bits per heavy atom. The lowest BCUT2D eigenvalue weighted by atomic mass is 9.65. The van der Waals surface area contributed by atoms with Crippen molar-refractivity contribution < 1.29 is 19.2 Å². The summed E-state index contributed by atoms with van der Waals surface area (Å²) in [6.07, 6.45) is 5.10. The molecule has 8 nitrogen and oxygen atoms in total. The summed E-state index contributed by atoms with van der Waals surface area (Å²) >= 11 is 0. The van der Waals surface area contributed by atoms with Crippen LogP contribution in [0.2, 0.25) is 0 Å². The van der Waals surface area contributed by atoms with Gasteiger partial charge in [-0.05, 0) is 43.4 Å². The molecule has 164 valence electrons. The van der Waals surface area contributed by atoms with E-state index in [9.17, 15) is 19.2 Å². The number of hydrogen-bond acceptors (Lipinski definition) is 4. The molecule has 0 aromatic rings. The first-order valence-electron chi connectivity index (χ1n) is 10.8. The molecule has 1 aliphatic heterocycles. The number of urea groups is 1. The molecule has 0 aromatic heterocycles. The second-order valence-electron chi connectivity index (χ2n) is 8.97. The highest BCUT2D eigenvalue weighted by atomic mass is 16.2. The van der Waals surface area contributed by atoms with Crippen LogP contribution in [0.15, 0.2) is 0 Å². The van der Waals surface area contributed by atoms with Crippen molar-refractivity contribution in [2.45, 2.75) is 78.2 Å². The summed E-state index contributed by atoms with van der Waals surface area (Å²) in [5.41, 5.74) is -0.645. The quantitative estimate of drug-likeness (QED) is 0.507. The van der Waals surface area contributed by atoms with E-state index >= 15 is 0 Å². The van der Waals surface area contributed by atoms with Crippen LogP contribution in [-0.2, 0) is 14.4 Å². The van der Waals surface area contributed by atoms with Gasteiger partial charge in [0.1, 0.15) is 12.1 Å². The average molecular weight is 409 g/mol. The molecule has 0 bridgehead atoms. The van der Waals surface area contributed by atoms with E-state index in [4.69, 9.17) is 0 Å². The molecule has 2 rings (SSSR count). The number of carbonyl (C=O) groups is 4. The van der Waals surface area contributed by atoms with Gasteiger partial charge in [-0.1, -0.05) is 34.1 Å². The maximum Gasteiger partial charge on any atom is 0.325 e. The van der Waals surface area contributed by atoms with Crippen molar-refractivity contribution in [3.8, 4) is 0 Å². The third-order valence-electron chi connectivity index (χ3n) is 6.65. The molecule has 8 heteroatoms. The van der Waals surface area contributed by atoms with Gasteiger partial charge in [0, 0.05) is 19.5 Å². The SMILES string of the molecule is CCCNC(=O)CCNC(=O)CN1C(=O)NC2(CCC(C(C)(C)CC)CC2)C1=O. The van der Waals surface area contributed by atoms with Crippen LogP contribution in [0.5, 0.6) is 0 Å². The Morgan fingerprint density at radius 2 is 1.72 bits per heavy atom. The normalized spacial score (nSPS) is 24.6. The zero-order chi connectivity index (χ0) is 21.7. The van der Waals surface area contributed by atoms with E-state index in [2.05, 4.69) is 36.7 Å². The minimum Gasteiger partial charge on any atom is -0.356 e. The molecule has 5 amide bonds. The van der Waals surface area contributed by atoms with Crippen LogP contribution < -0.4 is 16.0 Å². The average Bonchev–Trinajstić information content (AvgIpc) is 2.90. The molecule has 0 radical (unpaired) electrons. The Morgan fingerprint density at radius 3 is 2.31 bits per heavy atom. The highest BCUT2D eigenvalue weighted by Gasteiger charge is 2.53. The van der Waals surface area contributed by atoms with Crippen LogP contribution in [0.3, 0.4) is 0 Å². The van der Waals surface area contributed by atoms with Gasteiger partial charge >= 0.3 is 6.03 Å². The summed E-state index contributed by atoms with van der Waals surface area (Å²) in [4.78, 5) is 50.1. The zero-order valence-corrected chi connectivity index (χ0v) is 18.2. The molecule has 0 atom stereocenters. The van der Waals surface area contributed by atoms with Gasteiger partial charge in [0.2, 0.25) is 11.8 Å². The fourth-order valence-electron chi connectivity index (χ4n) is 4.21. The third kappa shape index (κ3) is 5.48. The lowest BCUT2D eigenvalue weighted by Crippen LogP contribution is -2.51. The maximum absolute atomic E-state index is 13.0. The van der Waals surface area contributed by atoms with Gasteiger partial charge < -0.3 is 16.0 Å². The van der Waals surface area contributed by atoms with Crippen LogP contribution in [-0.4, -0.2) is 53.8 Å². The molecular formula is C21H36N4O4. The van der Waals surface area contributed by atoms with Gasteiger partial charge in [0.05, 0.1) is 0 Å². The standard InChI is InChI=1S/C21H36N4O4/c1-5-12-22-16(26)9-13-23-17(27)14-25-18(28)21(24-19(25)29)10-7-15(8-11-21)20(3,4)6-2/h15H,5-14H2,1-4H3,(H,22,26)(H,23,27)(H,24,29). The lowest BCUT2D eigenvalue weighted by molar-refractivity contribution is -0.136. The fourth-order valence-corrected chi connectivity index (χ4v) is 4.21. The smallest absolute Gasteiger partial charge is 0.325 e. The highest BCUT2D eigenvalue weighted by molar-refractivity contribution is 6.09. The molecule has 1 heterocycles. The van der Waals surface area contributed by atoms with E-state index in [-0.39, 0.29) is 36.7 Å². The third-order valence-corrected chi connectivity index (χ3v) is 6.65. The predicted octanol–water partition coefficient (Wildman–Crippen LogP) is 1.94. The van der Waals surface area contributed by atoms with Crippen molar-refractivity contribution in [2.75, 3.05) is 19.6 Å². The summed E-state index contributed by atoms with van der Waals surface area (Å²) in [5, 5.41) is 8.20. The molecule has 3 N–H and O–H groups in total. The monoisotopic (exact) mass is 408 g/mol. The molecule has 29 heavy (non-hydrogen) atoms. The molecule has 0 aromatic carbocycles. The van der Waals surface area contributed by atoms with Crippen molar-refractivity contribution in [2.24, 2.45) is 11.3 Å². The summed E-state index contributed by atoms with van der Waals surface area (Å²) in [7, 11) is 0. The van der Waals surface area contributed by atoms with Crippen LogP contribution in [0.25, 0.3) is 0 Å². The summed E-state index contributed by atoms with van der Waals surface area (Å²) in [5.74, 6) is -0.340. The molecule has 1 saturated heterocycles. The number of imide groups is 1. The van der Waals surface area contributed by atoms with Crippen molar-refractivity contribution in [1.29, 1.82) is 0 Å². The summed E-state index contributed by atoms with van der Waals surface area (Å²) < 4.78 is 0. The second-order valence-corrected chi connectivity index (χ2v) is 8.97. The van der Waals surface area contributed by atoms with Crippen molar-refractivity contribution in [1.82, 2.24) is 20.9 Å². The van der Waals surface area contributed by atoms with Crippen LogP contribution in [0.4, 0.5) is 4.79 Å². The number of nitrogens with one attached hydrogen (secondary N) is 3. The van der Waals surface area contributed by atoms with Gasteiger partial charge in [0.15, 0.2) is 0 Å². The van der Waals surface area contributed by atoms with Gasteiger partial charge in [-0.15, -0.1) is 0 Å². The van der Waals surface area contributed by atoms with Crippen molar-refractivity contribution in [3.05, 3.63) is 0 Å². The van der Waals surface area contributed by atoms with Gasteiger partial charge in [-0.2, -0.15) is 0 Å². The van der Waals surface area contributed by atoms with Crippen LogP contribution in [0, 0.1) is 11.3 Å². The predicted molar refractivity (Wildman–Crippen MR) is 110 cm³/mol. The number of hydrogen-bond donors (Lipinski definition) is 3. The molecule has 1 aliphatic carbocycles. The fraction of sp³-hybridized carbons (Fsp3) is 0.810. The minimum atomic E-state index is -0.863. The van der Waals surface area contributed by atoms with Crippen LogP contribution in [0.1, 0.15) is 72.6 Å².